The van der Waals surface area contributed by atoms with Gasteiger partial charge in [0.2, 0.25) is 11.8 Å². The van der Waals surface area contributed by atoms with Gasteiger partial charge in [0.05, 0.1) is 18.0 Å². The predicted octanol–water partition coefficient (Wildman–Crippen LogP) is -0.187. The Bertz CT molecular complexity index is 949. The van der Waals surface area contributed by atoms with Crippen molar-refractivity contribution < 1.29 is 33.1 Å². The first-order valence-corrected chi connectivity index (χ1v) is 12.7. The smallest absolute Gasteiger partial charge is 0.353 e. The molecule has 0 aliphatic carbocycles. The van der Waals surface area contributed by atoms with Gasteiger partial charge in [0.1, 0.15) is 5.70 Å². The number of carboxylic acid groups (broad SMARTS) is 1. The lowest BCUT2D eigenvalue weighted by molar-refractivity contribution is -0.159. The van der Waals surface area contributed by atoms with Crippen molar-refractivity contribution in [2.75, 3.05) is 26.7 Å². The Morgan fingerprint density at radius 2 is 2.00 bits per heavy atom. The van der Waals surface area contributed by atoms with Crippen LogP contribution in [-0.4, -0.2) is 101 Å². The number of hydrogen-bond donors (Lipinski definition) is 4. The molecule has 0 aromatic carbocycles. The Kier molecular flexibility index (Phi) is 7.39. The van der Waals surface area contributed by atoms with Crippen molar-refractivity contribution in [3.63, 3.8) is 0 Å². The Hall–Kier alpha value is -2.25. The van der Waals surface area contributed by atoms with E-state index in [1.54, 1.807) is 0 Å². The number of aliphatic carboxylic acids is 1. The minimum absolute atomic E-state index is 0.0421. The SMILES string of the molecule is CN[C@@H]1CCN(C(=O)[C@@H]2C[C@H](SC3=C(C(=O)O)N4C(=O)[C@H]([C@@H](C)NC(=O)C(F)F)[C@H]4[C@H]3C)CN2)C1. The highest BCUT2D eigenvalue weighted by atomic mass is 32.2. The summed E-state index contributed by atoms with van der Waals surface area (Å²) in [5.41, 5.74) is -0.0904. The van der Waals surface area contributed by atoms with E-state index < -0.39 is 42.2 Å². The number of fused-ring (bicyclic) bond motifs is 1. The summed E-state index contributed by atoms with van der Waals surface area (Å²) in [6.45, 7) is 5.18. The van der Waals surface area contributed by atoms with Crippen molar-refractivity contribution in [2.45, 2.75) is 62.5 Å². The van der Waals surface area contributed by atoms with Gasteiger partial charge in [-0.3, -0.25) is 14.4 Å². The van der Waals surface area contributed by atoms with Crippen LogP contribution in [0.5, 0.6) is 0 Å². The van der Waals surface area contributed by atoms with Crippen LogP contribution in [0, 0.1) is 11.8 Å². The number of alkyl halides is 2. The van der Waals surface area contributed by atoms with Crippen molar-refractivity contribution in [2.24, 2.45) is 11.8 Å². The quantitative estimate of drug-likeness (QED) is 0.328. The molecule has 3 amide bonds. The first-order chi connectivity index (χ1) is 16.5. The summed E-state index contributed by atoms with van der Waals surface area (Å²) in [7, 11) is 1.88. The normalized spacial score (nSPS) is 33.3. The molecule has 3 fully saturated rings. The molecule has 3 saturated heterocycles. The van der Waals surface area contributed by atoms with Crippen LogP contribution in [0.25, 0.3) is 0 Å². The number of likely N-dealkylation sites (tertiary alicyclic amines) is 1. The summed E-state index contributed by atoms with van der Waals surface area (Å²) in [5, 5.41) is 18.4. The maximum atomic E-state index is 12.9. The Balaban J connectivity index is 1.43. The van der Waals surface area contributed by atoms with Crippen LogP contribution in [0.1, 0.15) is 26.7 Å². The number of thioether (sulfide) groups is 1. The molecule has 10 nitrogen and oxygen atoms in total. The molecule has 0 spiro atoms. The summed E-state index contributed by atoms with van der Waals surface area (Å²) in [4.78, 5) is 52.9. The first-order valence-electron chi connectivity index (χ1n) is 11.8. The first kappa shape index (κ1) is 25.8. The van der Waals surface area contributed by atoms with Gasteiger partial charge in [-0.05, 0) is 26.8 Å². The molecule has 4 aliphatic rings. The molecule has 35 heavy (non-hydrogen) atoms. The van der Waals surface area contributed by atoms with Gasteiger partial charge in [0.25, 0.3) is 5.91 Å². The molecule has 4 rings (SSSR count). The van der Waals surface area contributed by atoms with Crippen LogP contribution in [0.15, 0.2) is 10.6 Å². The zero-order chi connectivity index (χ0) is 25.6. The molecule has 13 heteroatoms. The Morgan fingerprint density at radius 1 is 1.29 bits per heavy atom. The Morgan fingerprint density at radius 3 is 2.60 bits per heavy atom. The van der Waals surface area contributed by atoms with E-state index in [1.807, 2.05) is 18.9 Å². The average molecular weight is 516 g/mol. The van der Waals surface area contributed by atoms with Crippen molar-refractivity contribution in [3.05, 3.63) is 10.6 Å². The molecule has 7 atom stereocenters. The summed E-state index contributed by atoms with van der Waals surface area (Å²) in [6.07, 6.45) is -1.75. The van der Waals surface area contributed by atoms with Crippen molar-refractivity contribution in [1.29, 1.82) is 0 Å². The number of nitrogens with one attached hydrogen (secondary N) is 3. The highest BCUT2D eigenvalue weighted by Gasteiger charge is 2.60. The molecular formula is C22H31F2N5O5S. The van der Waals surface area contributed by atoms with Gasteiger partial charge < -0.3 is 30.9 Å². The number of nitrogens with zero attached hydrogens (tertiary/aromatic N) is 2. The van der Waals surface area contributed by atoms with Crippen LogP contribution in [-0.2, 0) is 19.2 Å². The van der Waals surface area contributed by atoms with E-state index in [2.05, 4.69) is 16.0 Å². The number of β-lactam (4-membered cyclic amide) rings is 1. The van der Waals surface area contributed by atoms with Gasteiger partial charge >= 0.3 is 12.4 Å². The molecule has 0 aromatic heterocycles. The minimum atomic E-state index is -3.20. The molecule has 4 aliphatic heterocycles. The minimum Gasteiger partial charge on any atom is -0.477 e. The van der Waals surface area contributed by atoms with Gasteiger partial charge in [0, 0.05) is 47.8 Å². The monoisotopic (exact) mass is 515 g/mol. The fourth-order valence-corrected chi connectivity index (χ4v) is 7.13. The van der Waals surface area contributed by atoms with E-state index >= 15 is 0 Å². The maximum absolute atomic E-state index is 12.9. The molecule has 0 saturated carbocycles. The topological polar surface area (TPSA) is 131 Å². The molecular weight excluding hydrogens is 484 g/mol. The van der Waals surface area contributed by atoms with Gasteiger partial charge in [-0.1, -0.05) is 6.92 Å². The second-order valence-electron chi connectivity index (χ2n) is 9.62. The van der Waals surface area contributed by atoms with E-state index in [-0.39, 0.29) is 34.9 Å². The third-order valence-corrected chi connectivity index (χ3v) is 9.00. The lowest BCUT2D eigenvalue weighted by Gasteiger charge is -2.47. The van der Waals surface area contributed by atoms with Crippen molar-refractivity contribution in [1.82, 2.24) is 25.8 Å². The molecule has 0 aromatic rings. The third-order valence-electron chi connectivity index (χ3n) is 7.49. The van der Waals surface area contributed by atoms with Crippen LogP contribution in [0.4, 0.5) is 8.78 Å². The number of carbonyl (C=O) groups excluding carboxylic acids is 3. The second kappa shape index (κ2) is 10.0. The summed E-state index contributed by atoms with van der Waals surface area (Å²) >= 11 is 1.36. The van der Waals surface area contributed by atoms with E-state index in [9.17, 15) is 33.1 Å². The van der Waals surface area contributed by atoms with Gasteiger partial charge in [-0.15, -0.1) is 11.8 Å². The number of halogens is 2. The van der Waals surface area contributed by atoms with Gasteiger partial charge in [-0.2, -0.15) is 8.78 Å². The van der Waals surface area contributed by atoms with E-state index in [4.69, 9.17) is 0 Å². The summed E-state index contributed by atoms with van der Waals surface area (Å²) in [5.74, 6) is -4.27. The maximum Gasteiger partial charge on any atom is 0.353 e. The highest BCUT2D eigenvalue weighted by Crippen LogP contribution is 2.51. The molecule has 0 radical (unpaired) electrons. The summed E-state index contributed by atoms with van der Waals surface area (Å²) in [6, 6.07) is -1.44. The number of rotatable bonds is 8. The van der Waals surface area contributed by atoms with Crippen LogP contribution in [0.3, 0.4) is 0 Å². The summed E-state index contributed by atoms with van der Waals surface area (Å²) < 4.78 is 25.3. The number of carbonyl (C=O) groups is 4. The fraction of sp³-hybridized carbons (Fsp3) is 0.727. The molecule has 0 unspecified atom stereocenters. The largest absolute Gasteiger partial charge is 0.477 e. The molecule has 194 valence electrons. The third kappa shape index (κ3) is 4.65. The van der Waals surface area contributed by atoms with E-state index in [1.165, 1.54) is 23.6 Å². The lowest BCUT2D eigenvalue weighted by Crippen LogP contribution is -2.66. The molecule has 0 bridgehead atoms. The lowest BCUT2D eigenvalue weighted by atomic mass is 9.78. The standard InChI is InChI=1S/C22H31F2N5O5S/c1-9-15-14(10(2)27-19(30)18(23)24)21(32)29(15)16(22(33)34)17(9)35-12-6-13(26-7-12)20(31)28-5-4-11(8-28)25-3/h9-15,18,25-26H,4-8H2,1-3H3,(H,27,30)(H,33,34)/t9-,10-,11-,12+,13+,14-,15-/m1/s1. The number of hydrogen-bond acceptors (Lipinski definition) is 7. The zero-order valence-electron chi connectivity index (χ0n) is 19.8. The number of likely N-dealkylation sites (N-methyl/N-ethyl adjacent to an activating group) is 1. The Labute approximate surface area is 206 Å². The van der Waals surface area contributed by atoms with Gasteiger partial charge in [0.15, 0.2) is 0 Å². The van der Waals surface area contributed by atoms with E-state index in [0.29, 0.717) is 31.0 Å². The van der Waals surface area contributed by atoms with Crippen LogP contribution in [0.2, 0.25) is 0 Å². The predicted molar refractivity (Wildman–Crippen MR) is 123 cm³/mol. The van der Waals surface area contributed by atoms with E-state index in [0.717, 1.165) is 6.42 Å². The van der Waals surface area contributed by atoms with Crippen molar-refractivity contribution >= 4 is 35.5 Å². The number of carboxylic acids is 1. The fourth-order valence-electron chi connectivity index (χ4n) is 5.65. The zero-order valence-corrected chi connectivity index (χ0v) is 20.6. The highest BCUT2D eigenvalue weighted by molar-refractivity contribution is 8.03. The molecule has 4 N–H and O–H groups in total. The number of amides is 3. The van der Waals surface area contributed by atoms with Crippen LogP contribution < -0.4 is 16.0 Å². The average Bonchev–Trinajstić information content (AvgIpc) is 3.52. The van der Waals surface area contributed by atoms with Gasteiger partial charge in [-0.25, -0.2) is 4.79 Å². The molecule has 4 heterocycles. The second-order valence-corrected chi connectivity index (χ2v) is 11.0. The van der Waals surface area contributed by atoms with Crippen molar-refractivity contribution in [3.8, 4) is 0 Å². The van der Waals surface area contributed by atoms with Crippen LogP contribution >= 0.6 is 11.8 Å².